The first-order valence-corrected chi connectivity index (χ1v) is 5.39. The van der Waals surface area contributed by atoms with Crippen molar-refractivity contribution in [2.75, 3.05) is 0 Å². The Hall–Kier alpha value is -1.81. The number of carbonyl (C=O) groups excluding carboxylic acids is 2. The Morgan fingerprint density at radius 2 is 1.94 bits per heavy atom. The van der Waals surface area contributed by atoms with Crippen molar-refractivity contribution in [3.05, 3.63) is 46.2 Å². The van der Waals surface area contributed by atoms with E-state index >= 15 is 0 Å². The van der Waals surface area contributed by atoms with Crippen LogP contribution in [0.1, 0.15) is 18.5 Å². The first-order valence-electron chi connectivity index (χ1n) is 5.01. The predicted molar refractivity (Wildman–Crippen MR) is 62.7 cm³/mol. The molecule has 0 fully saturated rings. The first kappa shape index (κ1) is 11.7. The quantitative estimate of drug-likeness (QED) is 0.844. The minimum Gasteiger partial charge on any atom is -0.503 e. The van der Waals surface area contributed by atoms with Gasteiger partial charge in [0.25, 0.3) is 5.91 Å². The molecule has 1 aliphatic rings. The highest BCUT2D eigenvalue weighted by atomic mass is 35.5. The normalized spacial score (nSPS) is 19.4. The second-order valence-corrected chi connectivity index (χ2v) is 4.21. The molecule has 4 nitrogen and oxygen atoms in total. The number of nitrogens with one attached hydrogen (secondary N) is 1. The van der Waals surface area contributed by atoms with E-state index in [0.717, 1.165) is 0 Å². The van der Waals surface area contributed by atoms with Gasteiger partial charge >= 0.3 is 0 Å². The average molecular weight is 252 g/mol. The third-order valence-corrected chi connectivity index (χ3v) is 2.87. The van der Waals surface area contributed by atoms with E-state index in [1.165, 1.54) is 6.92 Å². The molecule has 1 amide bonds. The Bertz CT molecular complexity index is 519. The van der Waals surface area contributed by atoms with Gasteiger partial charge in [0.1, 0.15) is 0 Å². The highest BCUT2D eigenvalue weighted by Crippen LogP contribution is 2.30. The first-order chi connectivity index (χ1) is 8.00. The van der Waals surface area contributed by atoms with Gasteiger partial charge in [-0.05, 0) is 24.6 Å². The van der Waals surface area contributed by atoms with E-state index in [2.05, 4.69) is 5.32 Å². The number of ketones is 1. The van der Waals surface area contributed by atoms with Gasteiger partial charge in [0.15, 0.2) is 11.5 Å². The van der Waals surface area contributed by atoms with E-state index in [4.69, 9.17) is 11.6 Å². The lowest BCUT2D eigenvalue weighted by molar-refractivity contribution is -0.119. The van der Waals surface area contributed by atoms with Crippen molar-refractivity contribution < 1.29 is 14.7 Å². The minimum atomic E-state index is -0.629. The van der Waals surface area contributed by atoms with Crippen molar-refractivity contribution in [3.63, 3.8) is 0 Å². The summed E-state index contributed by atoms with van der Waals surface area (Å²) >= 11 is 5.76. The van der Waals surface area contributed by atoms with Crippen LogP contribution >= 0.6 is 11.6 Å². The van der Waals surface area contributed by atoms with Crippen LogP contribution in [0.3, 0.4) is 0 Å². The van der Waals surface area contributed by atoms with Crippen molar-refractivity contribution in [2.45, 2.75) is 13.0 Å². The molecule has 1 unspecified atom stereocenters. The van der Waals surface area contributed by atoms with E-state index in [-0.39, 0.29) is 11.4 Å². The van der Waals surface area contributed by atoms with Gasteiger partial charge in [-0.3, -0.25) is 9.59 Å². The number of hydrogen-bond acceptors (Lipinski definition) is 3. The molecule has 0 saturated carbocycles. The van der Waals surface area contributed by atoms with Gasteiger partial charge in [0.05, 0.1) is 11.6 Å². The topological polar surface area (TPSA) is 66.4 Å². The molecule has 0 radical (unpaired) electrons. The van der Waals surface area contributed by atoms with Gasteiger partial charge in [-0.1, -0.05) is 23.7 Å². The molecule has 88 valence electrons. The zero-order valence-electron chi connectivity index (χ0n) is 9.03. The third kappa shape index (κ3) is 2.03. The maximum absolute atomic E-state index is 11.4. The van der Waals surface area contributed by atoms with Gasteiger partial charge in [-0.25, -0.2) is 0 Å². The molecular weight excluding hydrogens is 242 g/mol. The van der Waals surface area contributed by atoms with E-state index in [9.17, 15) is 14.7 Å². The second kappa shape index (κ2) is 4.22. The van der Waals surface area contributed by atoms with Crippen LogP contribution in [-0.2, 0) is 9.59 Å². The lowest BCUT2D eigenvalue weighted by Gasteiger charge is -2.13. The molecule has 0 spiro atoms. The van der Waals surface area contributed by atoms with Crippen LogP contribution in [-0.4, -0.2) is 16.8 Å². The summed E-state index contributed by atoms with van der Waals surface area (Å²) in [6.07, 6.45) is 0. The Balaban J connectivity index is 2.44. The molecular formula is C12H10ClNO3. The molecule has 2 rings (SSSR count). The molecule has 2 N–H and O–H groups in total. The second-order valence-electron chi connectivity index (χ2n) is 3.78. The minimum absolute atomic E-state index is 0.0947. The third-order valence-electron chi connectivity index (χ3n) is 2.62. The highest BCUT2D eigenvalue weighted by Gasteiger charge is 2.35. The fraction of sp³-hybridized carbons (Fsp3) is 0.167. The molecule has 1 atom stereocenters. The van der Waals surface area contributed by atoms with Crippen molar-refractivity contribution in [3.8, 4) is 0 Å². The summed E-state index contributed by atoms with van der Waals surface area (Å²) in [7, 11) is 0. The molecule has 5 heteroatoms. The monoisotopic (exact) mass is 251 g/mol. The summed E-state index contributed by atoms with van der Waals surface area (Å²) in [6, 6.07) is 6.13. The molecule has 1 aliphatic heterocycles. The molecule has 1 aromatic carbocycles. The molecule has 1 heterocycles. The number of carbonyl (C=O) groups is 2. The Morgan fingerprint density at radius 1 is 1.35 bits per heavy atom. The summed E-state index contributed by atoms with van der Waals surface area (Å²) in [6.45, 7) is 1.31. The van der Waals surface area contributed by atoms with Crippen molar-refractivity contribution in [2.24, 2.45) is 0 Å². The van der Waals surface area contributed by atoms with E-state index < -0.39 is 17.7 Å². The molecule has 17 heavy (non-hydrogen) atoms. The molecule has 1 aromatic rings. The Labute approximate surface area is 103 Å². The fourth-order valence-electron chi connectivity index (χ4n) is 1.81. The number of halogens is 1. The maximum atomic E-state index is 11.4. The van der Waals surface area contributed by atoms with Gasteiger partial charge < -0.3 is 10.4 Å². The van der Waals surface area contributed by atoms with E-state index in [0.29, 0.717) is 10.6 Å². The van der Waals surface area contributed by atoms with Crippen molar-refractivity contribution in [1.82, 2.24) is 5.32 Å². The van der Waals surface area contributed by atoms with Crippen LogP contribution < -0.4 is 5.32 Å². The number of amides is 1. The van der Waals surface area contributed by atoms with Crippen LogP contribution in [0.2, 0.25) is 5.02 Å². The standard InChI is InChI=1S/C12H10ClNO3/c1-6(15)9-10(14-12(17)11(9)16)7-2-4-8(13)5-3-7/h2-5,10,16H,1H3,(H,14,17). The summed E-state index contributed by atoms with van der Waals surface area (Å²) in [5, 5.41) is 12.6. The molecule has 0 bridgehead atoms. The van der Waals surface area contributed by atoms with Crippen LogP contribution in [0.4, 0.5) is 0 Å². The van der Waals surface area contributed by atoms with Crippen LogP contribution in [0.5, 0.6) is 0 Å². The zero-order chi connectivity index (χ0) is 12.6. The van der Waals surface area contributed by atoms with E-state index in [1.54, 1.807) is 24.3 Å². The summed E-state index contributed by atoms with van der Waals surface area (Å²) < 4.78 is 0. The zero-order valence-corrected chi connectivity index (χ0v) is 9.78. The van der Waals surface area contributed by atoms with Crippen LogP contribution in [0.25, 0.3) is 0 Å². The Kier molecular flexibility index (Phi) is 2.90. The fourth-order valence-corrected chi connectivity index (χ4v) is 1.93. The van der Waals surface area contributed by atoms with E-state index in [1.807, 2.05) is 0 Å². The maximum Gasteiger partial charge on any atom is 0.287 e. The lowest BCUT2D eigenvalue weighted by atomic mass is 9.98. The summed E-state index contributed by atoms with van der Waals surface area (Å²) in [5.74, 6) is -1.46. The highest BCUT2D eigenvalue weighted by molar-refractivity contribution is 6.30. The number of aliphatic hydroxyl groups is 1. The molecule has 0 saturated heterocycles. The van der Waals surface area contributed by atoms with Crippen molar-refractivity contribution in [1.29, 1.82) is 0 Å². The number of benzene rings is 1. The van der Waals surface area contributed by atoms with Crippen molar-refractivity contribution >= 4 is 23.3 Å². The van der Waals surface area contributed by atoms with Gasteiger partial charge in [0.2, 0.25) is 0 Å². The Morgan fingerprint density at radius 3 is 2.47 bits per heavy atom. The number of Topliss-reactive ketones (excluding diaryl/α,β-unsaturated/α-hetero) is 1. The smallest absolute Gasteiger partial charge is 0.287 e. The summed E-state index contributed by atoms with van der Waals surface area (Å²) in [5.41, 5.74) is 0.800. The largest absolute Gasteiger partial charge is 0.503 e. The average Bonchev–Trinajstić information content (AvgIpc) is 2.56. The van der Waals surface area contributed by atoms with Crippen LogP contribution in [0, 0.1) is 0 Å². The van der Waals surface area contributed by atoms with Gasteiger partial charge in [-0.15, -0.1) is 0 Å². The molecule has 0 aromatic heterocycles. The number of rotatable bonds is 2. The van der Waals surface area contributed by atoms with Crippen LogP contribution in [0.15, 0.2) is 35.6 Å². The SMILES string of the molecule is CC(=O)C1=C(O)C(=O)NC1c1ccc(Cl)cc1. The lowest BCUT2D eigenvalue weighted by Crippen LogP contribution is -2.23. The number of hydrogen-bond donors (Lipinski definition) is 2. The van der Waals surface area contributed by atoms with Gasteiger partial charge in [0, 0.05) is 5.02 Å². The molecule has 0 aliphatic carbocycles. The summed E-state index contributed by atoms with van der Waals surface area (Å²) in [4.78, 5) is 22.8. The number of aliphatic hydroxyl groups excluding tert-OH is 1. The predicted octanol–water partition coefficient (Wildman–Crippen LogP) is 1.91. The van der Waals surface area contributed by atoms with Gasteiger partial charge in [-0.2, -0.15) is 0 Å².